The van der Waals surface area contributed by atoms with Crippen LogP contribution in [0, 0.1) is 23.6 Å². The molecule has 1 aliphatic heterocycles. The number of piperidine rings is 1. The summed E-state index contributed by atoms with van der Waals surface area (Å²) in [7, 11) is 0. The summed E-state index contributed by atoms with van der Waals surface area (Å²) in [5.74, 6) is 5.68. The Morgan fingerprint density at radius 2 is 1.85 bits per heavy atom. The molecule has 4 rings (SSSR count). The van der Waals surface area contributed by atoms with Crippen LogP contribution in [0.15, 0.2) is 67.0 Å². The molecule has 3 aromatic rings. The van der Waals surface area contributed by atoms with E-state index in [9.17, 15) is 18.8 Å². The molecule has 2 aromatic carbocycles. The standard InChI is InChI=1S/C32H34FN5O3/c1-22(34)31(40)38-17-13-24(14-18-38)19-30(39)29-11-10-28(20-26(29)7-4-23-5-8-27(33)9-6-23)37-32(41)36-16-12-25-3-2-15-35-21-25/h2-3,5-6,8-11,15,20-22,24H,12-14,16-19,34H2,1H3,(H2,36,37,41). The lowest BCUT2D eigenvalue weighted by Crippen LogP contribution is -2.46. The highest BCUT2D eigenvalue weighted by molar-refractivity contribution is 6.00. The molecule has 9 heteroatoms. The Morgan fingerprint density at radius 1 is 1.10 bits per heavy atom. The number of nitrogens with zero attached hydrogens (tertiary/aromatic N) is 2. The molecule has 1 aliphatic rings. The molecule has 4 N–H and O–H groups in total. The fourth-order valence-corrected chi connectivity index (χ4v) is 4.70. The minimum atomic E-state index is -0.536. The Hall–Kier alpha value is -4.55. The van der Waals surface area contributed by atoms with Crippen molar-refractivity contribution >= 4 is 23.4 Å². The number of hydrogen-bond acceptors (Lipinski definition) is 5. The average molecular weight is 556 g/mol. The Morgan fingerprint density at radius 3 is 2.54 bits per heavy atom. The van der Waals surface area contributed by atoms with Crippen LogP contribution in [0.1, 0.15) is 53.2 Å². The van der Waals surface area contributed by atoms with Gasteiger partial charge in [-0.05, 0) is 86.2 Å². The highest BCUT2D eigenvalue weighted by Crippen LogP contribution is 2.25. The van der Waals surface area contributed by atoms with Gasteiger partial charge in [-0.3, -0.25) is 14.6 Å². The number of urea groups is 1. The number of rotatable bonds is 8. The molecular weight excluding hydrogens is 521 g/mol. The number of hydrogen-bond donors (Lipinski definition) is 3. The molecule has 3 amide bonds. The number of likely N-dealkylation sites (tertiary alicyclic amines) is 1. The van der Waals surface area contributed by atoms with E-state index in [2.05, 4.69) is 27.5 Å². The number of aromatic nitrogens is 1. The summed E-state index contributed by atoms with van der Waals surface area (Å²) in [6, 6.07) is 13.7. The maximum absolute atomic E-state index is 13.4. The Labute approximate surface area is 239 Å². The van der Waals surface area contributed by atoms with Crippen LogP contribution in [-0.4, -0.2) is 53.3 Å². The number of halogens is 1. The van der Waals surface area contributed by atoms with Gasteiger partial charge in [0.2, 0.25) is 5.91 Å². The molecule has 0 aliphatic carbocycles. The summed E-state index contributed by atoms with van der Waals surface area (Å²) < 4.78 is 13.3. The van der Waals surface area contributed by atoms with Gasteiger partial charge in [0.15, 0.2) is 5.78 Å². The van der Waals surface area contributed by atoms with Crippen LogP contribution in [0.4, 0.5) is 14.9 Å². The lowest BCUT2D eigenvalue weighted by molar-refractivity contribution is -0.133. The Bertz CT molecular complexity index is 1420. The maximum atomic E-state index is 13.4. The monoisotopic (exact) mass is 555 g/mol. The van der Waals surface area contributed by atoms with E-state index in [1.165, 1.54) is 12.1 Å². The molecule has 8 nitrogen and oxygen atoms in total. The lowest BCUT2D eigenvalue weighted by atomic mass is 9.88. The van der Waals surface area contributed by atoms with E-state index in [-0.39, 0.29) is 29.5 Å². The molecule has 0 radical (unpaired) electrons. The molecule has 2 heterocycles. The number of ketones is 1. The van der Waals surface area contributed by atoms with E-state index in [0.29, 0.717) is 54.9 Å². The molecular formula is C32H34FN5O3. The largest absolute Gasteiger partial charge is 0.341 e. The predicted octanol–water partition coefficient (Wildman–Crippen LogP) is 4.14. The summed E-state index contributed by atoms with van der Waals surface area (Å²) in [6.45, 7) is 3.26. The van der Waals surface area contributed by atoms with Gasteiger partial charge in [0, 0.05) is 60.8 Å². The van der Waals surface area contributed by atoms with Crippen LogP contribution in [0.3, 0.4) is 0 Å². The minimum Gasteiger partial charge on any atom is -0.341 e. The Balaban J connectivity index is 1.45. The normalized spacial score (nSPS) is 14.0. The van der Waals surface area contributed by atoms with Crippen LogP contribution in [-0.2, 0) is 11.2 Å². The number of amides is 3. The van der Waals surface area contributed by atoms with Gasteiger partial charge in [-0.1, -0.05) is 17.9 Å². The fourth-order valence-electron chi connectivity index (χ4n) is 4.70. The van der Waals surface area contributed by atoms with Gasteiger partial charge in [0.05, 0.1) is 6.04 Å². The summed E-state index contributed by atoms with van der Waals surface area (Å²) in [4.78, 5) is 43.9. The van der Waals surface area contributed by atoms with Crippen molar-refractivity contribution < 1.29 is 18.8 Å². The van der Waals surface area contributed by atoms with E-state index in [1.54, 1.807) is 54.5 Å². The highest BCUT2D eigenvalue weighted by Gasteiger charge is 2.26. The van der Waals surface area contributed by atoms with Crippen molar-refractivity contribution in [2.75, 3.05) is 25.0 Å². The Kier molecular flexibility index (Phi) is 10.2. The van der Waals surface area contributed by atoms with Crippen molar-refractivity contribution in [3.63, 3.8) is 0 Å². The van der Waals surface area contributed by atoms with Gasteiger partial charge in [0.1, 0.15) is 5.82 Å². The molecule has 1 saturated heterocycles. The molecule has 41 heavy (non-hydrogen) atoms. The predicted molar refractivity (Wildman–Crippen MR) is 156 cm³/mol. The molecule has 212 valence electrons. The number of carbonyl (C=O) groups is 3. The van der Waals surface area contributed by atoms with Crippen LogP contribution in [0.2, 0.25) is 0 Å². The van der Waals surface area contributed by atoms with Crippen molar-refractivity contribution in [3.05, 3.63) is 95.1 Å². The smallest absolute Gasteiger partial charge is 0.319 e. The van der Waals surface area contributed by atoms with Crippen LogP contribution >= 0.6 is 0 Å². The SMILES string of the molecule is CC(N)C(=O)N1CCC(CC(=O)c2ccc(NC(=O)NCCc3cccnc3)cc2C#Cc2ccc(F)cc2)CC1. The molecule has 1 fully saturated rings. The first kappa shape index (κ1) is 29.4. The molecule has 1 unspecified atom stereocenters. The topological polar surface area (TPSA) is 117 Å². The summed E-state index contributed by atoms with van der Waals surface area (Å²) in [6.07, 6.45) is 5.86. The lowest BCUT2D eigenvalue weighted by Gasteiger charge is -2.32. The summed E-state index contributed by atoms with van der Waals surface area (Å²) >= 11 is 0. The van der Waals surface area contributed by atoms with E-state index < -0.39 is 6.04 Å². The van der Waals surface area contributed by atoms with Gasteiger partial charge >= 0.3 is 6.03 Å². The van der Waals surface area contributed by atoms with Gasteiger partial charge in [-0.25, -0.2) is 9.18 Å². The van der Waals surface area contributed by atoms with Crippen molar-refractivity contribution in [1.82, 2.24) is 15.2 Å². The third kappa shape index (κ3) is 8.72. The van der Waals surface area contributed by atoms with E-state index in [4.69, 9.17) is 5.73 Å². The zero-order chi connectivity index (χ0) is 29.2. The number of carbonyl (C=O) groups excluding carboxylic acids is 3. The number of pyridine rings is 1. The number of anilines is 1. The van der Waals surface area contributed by atoms with Gasteiger partial charge in [-0.2, -0.15) is 0 Å². The van der Waals surface area contributed by atoms with Crippen molar-refractivity contribution in [1.29, 1.82) is 0 Å². The molecule has 0 saturated carbocycles. The first-order valence-electron chi connectivity index (χ1n) is 13.7. The van der Waals surface area contributed by atoms with Crippen molar-refractivity contribution in [2.45, 2.75) is 38.6 Å². The number of benzene rings is 2. The zero-order valence-corrected chi connectivity index (χ0v) is 23.0. The number of Topliss-reactive ketones (excluding diaryl/α,β-unsaturated/α-hetero) is 1. The second-order valence-corrected chi connectivity index (χ2v) is 10.2. The van der Waals surface area contributed by atoms with E-state index >= 15 is 0 Å². The van der Waals surface area contributed by atoms with E-state index in [0.717, 1.165) is 18.4 Å². The van der Waals surface area contributed by atoms with Crippen molar-refractivity contribution in [2.24, 2.45) is 11.7 Å². The fraction of sp³-hybridized carbons (Fsp3) is 0.312. The number of nitrogens with two attached hydrogens (primary N) is 1. The second kappa shape index (κ2) is 14.2. The third-order valence-corrected chi connectivity index (χ3v) is 6.98. The van der Waals surface area contributed by atoms with Gasteiger partial charge in [-0.15, -0.1) is 0 Å². The summed E-state index contributed by atoms with van der Waals surface area (Å²) in [5.41, 5.74) is 8.76. The first-order chi connectivity index (χ1) is 19.8. The van der Waals surface area contributed by atoms with E-state index in [1.807, 2.05) is 12.1 Å². The zero-order valence-electron chi connectivity index (χ0n) is 23.0. The molecule has 1 atom stereocenters. The summed E-state index contributed by atoms with van der Waals surface area (Å²) in [5, 5.41) is 5.62. The van der Waals surface area contributed by atoms with Crippen molar-refractivity contribution in [3.8, 4) is 11.8 Å². The second-order valence-electron chi connectivity index (χ2n) is 10.2. The first-order valence-corrected chi connectivity index (χ1v) is 13.7. The quantitative estimate of drug-likeness (QED) is 0.285. The molecule has 1 aromatic heterocycles. The van der Waals surface area contributed by atoms with Crippen LogP contribution in [0.25, 0.3) is 0 Å². The average Bonchev–Trinajstić information content (AvgIpc) is 2.97. The molecule has 0 bridgehead atoms. The van der Waals surface area contributed by atoms with Crippen LogP contribution < -0.4 is 16.4 Å². The number of nitrogens with one attached hydrogen (secondary N) is 2. The highest BCUT2D eigenvalue weighted by atomic mass is 19.1. The maximum Gasteiger partial charge on any atom is 0.319 e. The van der Waals surface area contributed by atoms with Gasteiger partial charge in [0.25, 0.3) is 0 Å². The molecule has 0 spiro atoms. The minimum absolute atomic E-state index is 0.0575. The third-order valence-electron chi connectivity index (χ3n) is 6.98. The van der Waals surface area contributed by atoms with Crippen LogP contribution in [0.5, 0.6) is 0 Å². The van der Waals surface area contributed by atoms with Gasteiger partial charge < -0.3 is 21.3 Å².